The van der Waals surface area contributed by atoms with Gasteiger partial charge in [-0.3, -0.25) is 9.48 Å². The van der Waals surface area contributed by atoms with Gasteiger partial charge in [0.25, 0.3) is 5.56 Å². The third-order valence-electron chi connectivity index (χ3n) is 2.90. The smallest absolute Gasteiger partial charge is 0.274 e. The summed E-state index contributed by atoms with van der Waals surface area (Å²) in [4.78, 5) is 11.9. The van der Waals surface area contributed by atoms with Crippen LogP contribution >= 0.6 is 28.4 Å². The predicted octanol–water partition coefficient (Wildman–Crippen LogP) is 3.55. The summed E-state index contributed by atoms with van der Waals surface area (Å²) < 4.78 is 3.42. The van der Waals surface area contributed by atoms with E-state index in [1.807, 2.05) is 42.7 Å². The number of aryl methyl sites for hydroxylation is 1. The monoisotopic (exact) mass is 402 g/mol. The second-order valence-corrected chi connectivity index (χ2v) is 6.01. The molecule has 0 radical (unpaired) electrons. The SMILES string of the molecule is CC.Cn1[nH]cc(-c2ccc3c(cnn3PI)c2)c1=O. The maximum Gasteiger partial charge on any atom is 0.274 e. The molecule has 1 N–H and O–H groups in total. The molecule has 0 saturated carbocycles. The molecule has 0 saturated heterocycles. The van der Waals surface area contributed by atoms with Crippen LogP contribution in [0.25, 0.3) is 22.0 Å². The summed E-state index contributed by atoms with van der Waals surface area (Å²) >= 11 is 2.30. The Balaban J connectivity index is 0.000000704. The van der Waals surface area contributed by atoms with Crippen LogP contribution in [0, 0.1) is 0 Å². The molecular weight excluding hydrogens is 386 g/mol. The third-order valence-corrected chi connectivity index (χ3v) is 4.78. The zero-order valence-corrected chi connectivity index (χ0v) is 14.7. The Bertz CT molecular complexity index is 774. The Kier molecular flexibility index (Phi) is 4.99. The molecule has 1 unspecified atom stereocenters. The van der Waals surface area contributed by atoms with Crippen LogP contribution in [0.1, 0.15) is 13.8 Å². The number of nitrogens with zero attached hydrogens (tertiary/aromatic N) is 3. The standard InChI is InChI=1S/C11H10IN4OP.C2H6/c1-15-11(17)9(6-13-15)7-2-3-10-8(4-7)5-14-16(10)18-12;1-2/h2-6,13,18H,1H3;1-2H3. The van der Waals surface area contributed by atoms with Gasteiger partial charge in [0.15, 0.2) is 0 Å². The number of fused-ring (bicyclic) bond motifs is 1. The molecule has 5 nitrogen and oxygen atoms in total. The zero-order valence-electron chi connectivity index (χ0n) is 11.5. The van der Waals surface area contributed by atoms with Gasteiger partial charge in [-0.2, -0.15) is 5.10 Å². The molecule has 2 heterocycles. The van der Waals surface area contributed by atoms with Crippen LogP contribution in [0.15, 0.2) is 35.4 Å². The van der Waals surface area contributed by atoms with Gasteiger partial charge in [0.1, 0.15) is 0 Å². The predicted molar refractivity (Wildman–Crippen MR) is 93.8 cm³/mol. The molecule has 0 fully saturated rings. The second kappa shape index (κ2) is 6.54. The highest BCUT2D eigenvalue weighted by molar-refractivity contribution is 14.2. The van der Waals surface area contributed by atoms with Gasteiger partial charge in [0.05, 0.1) is 23.7 Å². The van der Waals surface area contributed by atoms with E-state index in [0.717, 1.165) is 16.5 Å². The van der Waals surface area contributed by atoms with E-state index in [4.69, 9.17) is 0 Å². The summed E-state index contributed by atoms with van der Waals surface area (Å²) in [5, 5.41) is 8.25. The normalized spacial score (nSPS) is 11.0. The van der Waals surface area contributed by atoms with E-state index < -0.39 is 0 Å². The maximum absolute atomic E-state index is 11.9. The lowest BCUT2D eigenvalue weighted by molar-refractivity contribution is 0.740. The molecule has 0 aliphatic rings. The number of aromatic amines is 1. The highest BCUT2D eigenvalue weighted by Crippen LogP contribution is 2.29. The minimum atomic E-state index is -0.0162. The summed E-state index contributed by atoms with van der Waals surface area (Å²) in [5.74, 6) is 0. The van der Waals surface area contributed by atoms with Crippen LogP contribution in [0.5, 0.6) is 0 Å². The fraction of sp³-hybridized carbons (Fsp3) is 0.231. The Hall–Kier alpha value is -1.14. The van der Waals surface area contributed by atoms with E-state index in [2.05, 4.69) is 32.2 Å². The van der Waals surface area contributed by atoms with Crippen molar-refractivity contribution in [2.24, 2.45) is 7.05 Å². The van der Waals surface area contributed by atoms with Crippen molar-refractivity contribution in [3.05, 3.63) is 40.9 Å². The van der Waals surface area contributed by atoms with E-state index in [-0.39, 0.29) is 5.56 Å². The highest BCUT2D eigenvalue weighted by atomic mass is 127. The fourth-order valence-electron chi connectivity index (χ4n) is 1.94. The lowest BCUT2D eigenvalue weighted by atomic mass is 10.1. The number of rotatable bonds is 2. The molecule has 0 bridgehead atoms. The van der Waals surface area contributed by atoms with E-state index in [1.165, 1.54) is 4.68 Å². The highest BCUT2D eigenvalue weighted by Gasteiger charge is 2.08. The molecule has 7 heteroatoms. The molecule has 0 aliphatic carbocycles. The summed E-state index contributed by atoms with van der Waals surface area (Å²) in [6.45, 7) is 4.00. The summed E-state index contributed by atoms with van der Waals surface area (Å²) in [6, 6.07) is 5.97. The lowest BCUT2D eigenvalue weighted by Gasteiger charge is -1.99. The third kappa shape index (κ3) is 2.67. The average molecular weight is 402 g/mol. The number of nitrogens with one attached hydrogen (secondary N) is 1. The van der Waals surface area contributed by atoms with Gasteiger partial charge in [0, 0.05) is 18.6 Å². The molecule has 2 aromatic heterocycles. The van der Waals surface area contributed by atoms with Crippen molar-refractivity contribution < 1.29 is 0 Å². The first-order chi connectivity index (χ1) is 9.70. The van der Waals surface area contributed by atoms with Crippen molar-refractivity contribution >= 4 is 39.3 Å². The Morgan fingerprint density at radius 3 is 2.70 bits per heavy atom. The van der Waals surface area contributed by atoms with E-state index in [9.17, 15) is 4.79 Å². The number of H-pyrrole nitrogens is 1. The molecule has 106 valence electrons. The average Bonchev–Trinajstić information content (AvgIpc) is 3.05. The number of hydrogen-bond acceptors (Lipinski definition) is 2. The van der Waals surface area contributed by atoms with Gasteiger partial charge in [-0.05, 0) is 39.7 Å². The molecule has 1 atom stereocenters. The van der Waals surface area contributed by atoms with Gasteiger partial charge >= 0.3 is 0 Å². The van der Waals surface area contributed by atoms with Crippen molar-refractivity contribution in [1.82, 2.24) is 19.3 Å². The molecule has 0 amide bonds. The van der Waals surface area contributed by atoms with Gasteiger partial charge in [-0.15, -0.1) is 0 Å². The van der Waals surface area contributed by atoms with Crippen LogP contribution in [-0.4, -0.2) is 19.3 Å². The number of aromatic nitrogens is 4. The van der Waals surface area contributed by atoms with E-state index in [1.54, 1.807) is 13.2 Å². The van der Waals surface area contributed by atoms with Crippen molar-refractivity contribution in [3.63, 3.8) is 0 Å². The van der Waals surface area contributed by atoms with Crippen LogP contribution in [0.2, 0.25) is 0 Å². The number of benzene rings is 1. The molecule has 1 aromatic carbocycles. The van der Waals surface area contributed by atoms with Crippen molar-refractivity contribution in [1.29, 1.82) is 0 Å². The summed E-state index contributed by atoms with van der Waals surface area (Å²) in [7, 11) is 1.71. The summed E-state index contributed by atoms with van der Waals surface area (Å²) in [5.41, 5.74) is 2.68. The van der Waals surface area contributed by atoms with Crippen LogP contribution in [0.3, 0.4) is 0 Å². The van der Waals surface area contributed by atoms with Crippen molar-refractivity contribution in [2.75, 3.05) is 0 Å². The van der Waals surface area contributed by atoms with E-state index >= 15 is 0 Å². The number of halogens is 1. The van der Waals surface area contributed by atoms with Crippen LogP contribution < -0.4 is 5.56 Å². The second-order valence-electron chi connectivity index (χ2n) is 3.97. The largest absolute Gasteiger partial charge is 0.303 e. The Labute approximate surface area is 131 Å². The summed E-state index contributed by atoms with van der Waals surface area (Å²) in [6.07, 6.45) is 4.14. The molecule has 0 spiro atoms. The van der Waals surface area contributed by atoms with Crippen molar-refractivity contribution in [3.8, 4) is 11.1 Å². The molecule has 20 heavy (non-hydrogen) atoms. The first-order valence-corrected chi connectivity index (χ1v) is 10.4. The van der Waals surface area contributed by atoms with Crippen LogP contribution in [0.4, 0.5) is 0 Å². The minimum absolute atomic E-state index is 0.0162. The molecule has 3 aromatic rings. The van der Waals surface area contributed by atoms with E-state index in [0.29, 0.717) is 11.9 Å². The molecule has 3 rings (SSSR count). The minimum Gasteiger partial charge on any atom is -0.303 e. The zero-order chi connectivity index (χ0) is 14.7. The van der Waals surface area contributed by atoms with Gasteiger partial charge in [0.2, 0.25) is 0 Å². The molecule has 0 aliphatic heterocycles. The van der Waals surface area contributed by atoms with Crippen molar-refractivity contribution in [2.45, 2.75) is 13.8 Å². The van der Waals surface area contributed by atoms with Gasteiger partial charge in [-0.25, -0.2) is 4.45 Å². The fourth-order valence-corrected chi connectivity index (χ4v) is 3.49. The first kappa shape index (κ1) is 15.3. The Morgan fingerprint density at radius 1 is 1.35 bits per heavy atom. The van der Waals surface area contributed by atoms with Gasteiger partial charge in [-0.1, -0.05) is 19.9 Å². The first-order valence-electron chi connectivity index (χ1n) is 6.30. The molecular formula is C13H16IN4OP. The van der Waals surface area contributed by atoms with Gasteiger partial charge < -0.3 is 5.10 Å². The van der Waals surface area contributed by atoms with Crippen LogP contribution in [-0.2, 0) is 7.05 Å². The Morgan fingerprint density at radius 2 is 2.10 bits per heavy atom. The number of hydrogen-bond donors (Lipinski definition) is 1. The lowest BCUT2D eigenvalue weighted by Crippen LogP contribution is -2.12. The maximum atomic E-state index is 11.9. The topological polar surface area (TPSA) is 55.6 Å². The quantitative estimate of drug-likeness (QED) is 0.527.